The molecule has 27 heavy (non-hydrogen) atoms. The Bertz CT molecular complexity index is 931. The van der Waals surface area contributed by atoms with Crippen LogP contribution in [0.3, 0.4) is 0 Å². The topological polar surface area (TPSA) is 76.0 Å². The van der Waals surface area contributed by atoms with Crippen LogP contribution in [-0.2, 0) is 4.79 Å². The Balaban J connectivity index is 1.95. The monoisotopic (exact) mass is 362 g/mol. The number of carbonyl (C=O) groups excluding carboxylic acids is 2. The standard InChI is InChI=1S/C21H22N4O2/c1-3-22-19(26)13-23-21(27)18-14-25(17-7-5-4-6-8-17)24-20(18)16-11-9-15(2)10-12-16/h4-12,14H,3,13H2,1-2H3,(H,22,26)(H,23,27). The summed E-state index contributed by atoms with van der Waals surface area (Å²) in [5.74, 6) is -0.558. The maximum atomic E-state index is 12.7. The largest absolute Gasteiger partial charge is 0.355 e. The highest BCUT2D eigenvalue weighted by Gasteiger charge is 2.19. The Morgan fingerprint density at radius 2 is 1.70 bits per heavy atom. The first-order valence-corrected chi connectivity index (χ1v) is 8.85. The number of para-hydroxylation sites is 1. The lowest BCUT2D eigenvalue weighted by atomic mass is 10.1. The van der Waals surface area contributed by atoms with Gasteiger partial charge in [0.2, 0.25) is 5.91 Å². The zero-order valence-electron chi connectivity index (χ0n) is 15.4. The molecule has 6 heteroatoms. The number of benzene rings is 2. The van der Waals surface area contributed by atoms with E-state index in [9.17, 15) is 9.59 Å². The number of aryl methyl sites for hydroxylation is 1. The van der Waals surface area contributed by atoms with Gasteiger partial charge in [0.25, 0.3) is 5.91 Å². The average Bonchev–Trinajstić information content (AvgIpc) is 3.13. The number of nitrogens with one attached hydrogen (secondary N) is 2. The van der Waals surface area contributed by atoms with Gasteiger partial charge in [0.05, 0.1) is 17.8 Å². The van der Waals surface area contributed by atoms with Crippen LogP contribution in [0.2, 0.25) is 0 Å². The van der Waals surface area contributed by atoms with Crippen LogP contribution in [0.1, 0.15) is 22.8 Å². The normalized spacial score (nSPS) is 10.4. The van der Waals surface area contributed by atoms with Crippen LogP contribution >= 0.6 is 0 Å². The van der Waals surface area contributed by atoms with Crippen LogP contribution in [0.25, 0.3) is 16.9 Å². The number of nitrogens with zero attached hydrogens (tertiary/aromatic N) is 2. The molecular weight excluding hydrogens is 340 g/mol. The van der Waals surface area contributed by atoms with E-state index in [1.165, 1.54) is 0 Å². The van der Waals surface area contributed by atoms with Gasteiger partial charge in [-0.15, -0.1) is 0 Å². The second-order valence-electron chi connectivity index (χ2n) is 6.17. The summed E-state index contributed by atoms with van der Waals surface area (Å²) >= 11 is 0. The van der Waals surface area contributed by atoms with Crippen molar-refractivity contribution in [2.45, 2.75) is 13.8 Å². The Morgan fingerprint density at radius 3 is 2.37 bits per heavy atom. The van der Waals surface area contributed by atoms with E-state index in [1.54, 1.807) is 10.9 Å². The minimum Gasteiger partial charge on any atom is -0.355 e. The van der Waals surface area contributed by atoms with Crippen molar-refractivity contribution in [1.82, 2.24) is 20.4 Å². The van der Waals surface area contributed by atoms with Gasteiger partial charge in [0.15, 0.2) is 0 Å². The highest BCUT2D eigenvalue weighted by Crippen LogP contribution is 2.24. The summed E-state index contributed by atoms with van der Waals surface area (Å²) in [4.78, 5) is 24.4. The van der Waals surface area contributed by atoms with E-state index in [0.29, 0.717) is 17.8 Å². The van der Waals surface area contributed by atoms with Crippen LogP contribution < -0.4 is 10.6 Å². The molecule has 0 unspecified atom stereocenters. The van der Waals surface area contributed by atoms with Gasteiger partial charge in [-0.3, -0.25) is 9.59 Å². The molecule has 138 valence electrons. The third-order valence-electron chi connectivity index (χ3n) is 4.09. The molecule has 0 aliphatic carbocycles. The highest BCUT2D eigenvalue weighted by molar-refractivity contribution is 6.01. The van der Waals surface area contributed by atoms with Crippen molar-refractivity contribution in [2.24, 2.45) is 0 Å². The number of likely N-dealkylation sites (N-methyl/N-ethyl adjacent to an activating group) is 1. The number of hydrogen-bond acceptors (Lipinski definition) is 3. The first kappa shape index (κ1) is 18.4. The minimum absolute atomic E-state index is 0.0729. The minimum atomic E-state index is -0.334. The fourth-order valence-corrected chi connectivity index (χ4v) is 2.69. The molecule has 2 aromatic carbocycles. The van der Waals surface area contributed by atoms with Crippen molar-refractivity contribution in [2.75, 3.05) is 13.1 Å². The Hall–Kier alpha value is -3.41. The summed E-state index contributed by atoms with van der Waals surface area (Å²) in [6, 6.07) is 17.4. The van der Waals surface area contributed by atoms with E-state index in [1.807, 2.05) is 68.4 Å². The molecule has 0 bridgehead atoms. The summed E-state index contributed by atoms with van der Waals surface area (Å²) in [6.45, 7) is 4.29. The molecule has 3 rings (SSSR count). The number of rotatable bonds is 6. The third kappa shape index (κ3) is 4.41. The van der Waals surface area contributed by atoms with Gasteiger partial charge in [-0.2, -0.15) is 5.10 Å². The fourth-order valence-electron chi connectivity index (χ4n) is 2.69. The molecule has 6 nitrogen and oxygen atoms in total. The van der Waals surface area contributed by atoms with E-state index in [0.717, 1.165) is 16.8 Å². The fraction of sp³-hybridized carbons (Fsp3) is 0.190. The summed E-state index contributed by atoms with van der Waals surface area (Å²) in [7, 11) is 0. The number of aromatic nitrogens is 2. The van der Waals surface area contributed by atoms with Crippen molar-refractivity contribution in [3.63, 3.8) is 0 Å². The molecule has 1 heterocycles. The van der Waals surface area contributed by atoms with E-state index in [4.69, 9.17) is 0 Å². The Kier molecular flexibility index (Phi) is 5.66. The van der Waals surface area contributed by atoms with Crippen molar-refractivity contribution in [3.05, 3.63) is 71.9 Å². The first-order valence-electron chi connectivity index (χ1n) is 8.85. The second kappa shape index (κ2) is 8.31. The Labute approximate surface area is 158 Å². The maximum Gasteiger partial charge on any atom is 0.255 e. The van der Waals surface area contributed by atoms with Crippen molar-refractivity contribution >= 4 is 11.8 Å². The molecule has 0 radical (unpaired) electrons. The van der Waals surface area contributed by atoms with Crippen LogP contribution in [0, 0.1) is 6.92 Å². The molecule has 0 atom stereocenters. The van der Waals surface area contributed by atoms with Crippen LogP contribution in [-0.4, -0.2) is 34.7 Å². The van der Waals surface area contributed by atoms with Crippen LogP contribution in [0.4, 0.5) is 0 Å². The lowest BCUT2D eigenvalue weighted by molar-refractivity contribution is -0.120. The summed E-state index contributed by atoms with van der Waals surface area (Å²) in [5.41, 5.74) is 3.83. The molecule has 0 fully saturated rings. The van der Waals surface area contributed by atoms with Crippen molar-refractivity contribution in [3.8, 4) is 16.9 Å². The number of hydrogen-bond donors (Lipinski definition) is 2. The van der Waals surface area contributed by atoms with Crippen LogP contribution in [0.5, 0.6) is 0 Å². The molecular formula is C21H22N4O2. The van der Waals surface area contributed by atoms with E-state index < -0.39 is 0 Å². The molecule has 2 N–H and O–H groups in total. The molecule has 0 spiro atoms. The average molecular weight is 362 g/mol. The van der Waals surface area contributed by atoms with Gasteiger partial charge in [-0.05, 0) is 26.0 Å². The summed E-state index contributed by atoms with van der Waals surface area (Å²) in [6.07, 6.45) is 1.69. The molecule has 0 saturated heterocycles. The Morgan fingerprint density at radius 1 is 1.00 bits per heavy atom. The van der Waals surface area contributed by atoms with Gasteiger partial charge in [-0.1, -0.05) is 48.0 Å². The lowest BCUT2D eigenvalue weighted by Crippen LogP contribution is -2.36. The highest BCUT2D eigenvalue weighted by atomic mass is 16.2. The van der Waals surface area contributed by atoms with E-state index in [2.05, 4.69) is 15.7 Å². The summed E-state index contributed by atoms with van der Waals surface area (Å²) in [5, 5.41) is 9.95. The van der Waals surface area contributed by atoms with Gasteiger partial charge >= 0.3 is 0 Å². The van der Waals surface area contributed by atoms with Gasteiger partial charge in [0.1, 0.15) is 5.69 Å². The lowest BCUT2D eigenvalue weighted by Gasteiger charge is -2.06. The van der Waals surface area contributed by atoms with E-state index >= 15 is 0 Å². The summed E-state index contributed by atoms with van der Waals surface area (Å²) < 4.78 is 1.68. The van der Waals surface area contributed by atoms with Gasteiger partial charge in [-0.25, -0.2) is 4.68 Å². The molecule has 1 aromatic heterocycles. The second-order valence-corrected chi connectivity index (χ2v) is 6.17. The molecule has 0 aliphatic rings. The quantitative estimate of drug-likeness (QED) is 0.708. The van der Waals surface area contributed by atoms with Gasteiger partial charge in [0, 0.05) is 18.3 Å². The van der Waals surface area contributed by atoms with Crippen molar-refractivity contribution in [1.29, 1.82) is 0 Å². The molecule has 0 saturated carbocycles. The molecule has 2 amide bonds. The number of amides is 2. The zero-order valence-corrected chi connectivity index (χ0v) is 15.4. The van der Waals surface area contributed by atoms with Crippen molar-refractivity contribution < 1.29 is 9.59 Å². The SMILES string of the molecule is CCNC(=O)CNC(=O)c1cn(-c2ccccc2)nc1-c1ccc(C)cc1. The maximum absolute atomic E-state index is 12.7. The molecule has 0 aliphatic heterocycles. The van der Waals surface area contributed by atoms with E-state index in [-0.39, 0.29) is 18.4 Å². The first-order chi connectivity index (χ1) is 13.1. The van der Waals surface area contributed by atoms with Gasteiger partial charge < -0.3 is 10.6 Å². The van der Waals surface area contributed by atoms with Crippen LogP contribution in [0.15, 0.2) is 60.8 Å². The zero-order chi connectivity index (χ0) is 19.2. The predicted molar refractivity (Wildman–Crippen MR) is 105 cm³/mol. The predicted octanol–water partition coefficient (Wildman–Crippen LogP) is 2.71. The number of carbonyl (C=O) groups is 2. The molecule has 3 aromatic rings. The smallest absolute Gasteiger partial charge is 0.255 e. The third-order valence-corrected chi connectivity index (χ3v) is 4.09.